The van der Waals surface area contributed by atoms with Crippen LogP contribution >= 0.6 is 0 Å². The van der Waals surface area contributed by atoms with Crippen molar-refractivity contribution in [2.24, 2.45) is 11.8 Å². The van der Waals surface area contributed by atoms with Gasteiger partial charge in [0.15, 0.2) is 0 Å². The molecule has 0 spiro atoms. The summed E-state index contributed by atoms with van der Waals surface area (Å²) < 4.78 is 2.01. The molecule has 1 aliphatic carbocycles. The Balaban J connectivity index is 2.02. The summed E-state index contributed by atoms with van der Waals surface area (Å²) in [4.78, 5) is 0. The lowest BCUT2D eigenvalue weighted by Gasteiger charge is -2.45. The Morgan fingerprint density at radius 3 is 2.71 bits per heavy atom. The van der Waals surface area contributed by atoms with Gasteiger partial charge in [0.1, 0.15) is 0 Å². The van der Waals surface area contributed by atoms with Crippen molar-refractivity contribution in [1.29, 1.82) is 0 Å². The standard InChI is InChI=1S/C14H24N2O/c1-5-16-13(6-11(4)15-16)9-14(17)7-12(8-14)10(2)3/h6,10,12,17H,5,7-9H2,1-4H3. The summed E-state index contributed by atoms with van der Waals surface area (Å²) in [6.07, 6.45) is 2.64. The highest BCUT2D eigenvalue weighted by molar-refractivity contribution is 5.14. The molecule has 96 valence electrons. The van der Waals surface area contributed by atoms with Gasteiger partial charge in [-0.05, 0) is 44.6 Å². The third kappa shape index (κ3) is 2.54. The van der Waals surface area contributed by atoms with Gasteiger partial charge in [-0.15, -0.1) is 0 Å². The zero-order valence-electron chi connectivity index (χ0n) is 11.4. The summed E-state index contributed by atoms with van der Waals surface area (Å²) in [6.45, 7) is 9.47. The number of aryl methyl sites for hydroxylation is 2. The summed E-state index contributed by atoms with van der Waals surface area (Å²) >= 11 is 0. The van der Waals surface area contributed by atoms with Gasteiger partial charge < -0.3 is 5.11 Å². The van der Waals surface area contributed by atoms with Crippen LogP contribution in [0.5, 0.6) is 0 Å². The molecule has 0 aromatic carbocycles. The van der Waals surface area contributed by atoms with Crippen LogP contribution in [0.25, 0.3) is 0 Å². The summed E-state index contributed by atoms with van der Waals surface area (Å²) in [5.41, 5.74) is 1.74. The molecule has 1 fully saturated rings. The van der Waals surface area contributed by atoms with Gasteiger partial charge in [0.05, 0.1) is 11.3 Å². The quantitative estimate of drug-likeness (QED) is 0.872. The maximum atomic E-state index is 10.5. The number of rotatable bonds is 4. The highest BCUT2D eigenvalue weighted by Gasteiger charge is 2.44. The fourth-order valence-corrected chi connectivity index (χ4v) is 2.88. The van der Waals surface area contributed by atoms with E-state index in [0.29, 0.717) is 11.8 Å². The topological polar surface area (TPSA) is 38.0 Å². The first kappa shape index (κ1) is 12.6. The molecule has 0 bridgehead atoms. The second-order valence-corrected chi connectivity index (χ2v) is 5.91. The second-order valence-electron chi connectivity index (χ2n) is 5.91. The van der Waals surface area contributed by atoms with Crippen LogP contribution in [-0.4, -0.2) is 20.5 Å². The van der Waals surface area contributed by atoms with Gasteiger partial charge in [0.25, 0.3) is 0 Å². The van der Waals surface area contributed by atoms with E-state index in [1.807, 2.05) is 11.6 Å². The fourth-order valence-electron chi connectivity index (χ4n) is 2.88. The van der Waals surface area contributed by atoms with E-state index in [4.69, 9.17) is 0 Å². The van der Waals surface area contributed by atoms with Gasteiger partial charge in [-0.2, -0.15) is 5.10 Å². The summed E-state index contributed by atoms with van der Waals surface area (Å²) in [5.74, 6) is 1.38. The van der Waals surface area contributed by atoms with E-state index in [9.17, 15) is 5.11 Å². The molecule has 1 heterocycles. The maximum Gasteiger partial charge on any atom is 0.0708 e. The molecular weight excluding hydrogens is 212 g/mol. The van der Waals surface area contributed by atoms with Crippen molar-refractivity contribution in [3.63, 3.8) is 0 Å². The van der Waals surface area contributed by atoms with Crippen molar-refractivity contribution in [1.82, 2.24) is 9.78 Å². The lowest BCUT2D eigenvalue weighted by molar-refractivity contribution is -0.0871. The molecule has 0 saturated heterocycles. The van der Waals surface area contributed by atoms with Crippen LogP contribution in [-0.2, 0) is 13.0 Å². The van der Waals surface area contributed by atoms with Crippen LogP contribution in [0.1, 0.15) is 45.0 Å². The fraction of sp³-hybridized carbons (Fsp3) is 0.786. The van der Waals surface area contributed by atoms with E-state index < -0.39 is 5.60 Å². The average molecular weight is 236 g/mol. The minimum absolute atomic E-state index is 0.478. The van der Waals surface area contributed by atoms with Crippen molar-refractivity contribution >= 4 is 0 Å². The Bertz CT molecular complexity index is 389. The molecule has 3 heteroatoms. The Morgan fingerprint density at radius 1 is 1.53 bits per heavy atom. The van der Waals surface area contributed by atoms with E-state index in [0.717, 1.165) is 31.5 Å². The molecule has 1 saturated carbocycles. The molecular formula is C14H24N2O. The molecule has 1 N–H and O–H groups in total. The molecule has 1 aromatic rings. The second kappa shape index (κ2) is 4.45. The predicted octanol–water partition coefficient (Wildman–Crippen LogP) is 2.55. The lowest BCUT2D eigenvalue weighted by Crippen LogP contribution is -2.47. The molecule has 3 nitrogen and oxygen atoms in total. The number of aromatic nitrogens is 2. The Morgan fingerprint density at radius 2 is 2.18 bits per heavy atom. The SMILES string of the molecule is CCn1nc(C)cc1CC1(O)CC(C(C)C)C1. The van der Waals surface area contributed by atoms with Gasteiger partial charge in [0.2, 0.25) is 0 Å². The van der Waals surface area contributed by atoms with Crippen molar-refractivity contribution in [3.8, 4) is 0 Å². The molecule has 1 aromatic heterocycles. The monoisotopic (exact) mass is 236 g/mol. The number of aliphatic hydroxyl groups is 1. The Labute approximate surface area is 104 Å². The third-order valence-corrected chi connectivity index (χ3v) is 4.02. The smallest absolute Gasteiger partial charge is 0.0708 e. The largest absolute Gasteiger partial charge is 0.389 e. The highest BCUT2D eigenvalue weighted by Crippen LogP contribution is 2.43. The number of hydrogen-bond donors (Lipinski definition) is 1. The van der Waals surface area contributed by atoms with E-state index in [-0.39, 0.29) is 0 Å². The minimum Gasteiger partial charge on any atom is -0.389 e. The van der Waals surface area contributed by atoms with Crippen LogP contribution in [0.4, 0.5) is 0 Å². The molecule has 1 aliphatic rings. The van der Waals surface area contributed by atoms with Crippen LogP contribution < -0.4 is 0 Å². The first-order valence-electron chi connectivity index (χ1n) is 6.69. The summed E-state index contributed by atoms with van der Waals surface area (Å²) in [5, 5.41) is 14.9. The Hall–Kier alpha value is -0.830. The molecule has 0 radical (unpaired) electrons. The van der Waals surface area contributed by atoms with E-state index in [2.05, 4.69) is 31.9 Å². The third-order valence-electron chi connectivity index (χ3n) is 4.02. The van der Waals surface area contributed by atoms with Crippen molar-refractivity contribution in [2.45, 2.75) is 59.1 Å². The molecule has 17 heavy (non-hydrogen) atoms. The first-order chi connectivity index (χ1) is 7.93. The highest BCUT2D eigenvalue weighted by atomic mass is 16.3. The summed E-state index contributed by atoms with van der Waals surface area (Å²) in [7, 11) is 0. The van der Waals surface area contributed by atoms with Crippen LogP contribution in [0.3, 0.4) is 0 Å². The van der Waals surface area contributed by atoms with Gasteiger partial charge in [0, 0.05) is 18.7 Å². The van der Waals surface area contributed by atoms with Crippen LogP contribution in [0.2, 0.25) is 0 Å². The van der Waals surface area contributed by atoms with Crippen molar-refractivity contribution in [3.05, 3.63) is 17.5 Å². The molecule has 0 aliphatic heterocycles. The summed E-state index contributed by atoms with van der Waals surface area (Å²) in [6, 6.07) is 2.10. The lowest BCUT2D eigenvalue weighted by atomic mass is 9.64. The van der Waals surface area contributed by atoms with Crippen LogP contribution in [0, 0.1) is 18.8 Å². The molecule has 2 rings (SSSR count). The molecule has 0 atom stereocenters. The van der Waals surface area contributed by atoms with E-state index in [1.165, 1.54) is 5.69 Å². The van der Waals surface area contributed by atoms with E-state index >= 15 is 0 Å². The van der Waals surface area contributed by atoms with Gasteiger partial charge >= 0.3 is 0 Å². The zero-order chi connectivity index (χ0) is 12.6. The van der Waals surface area contributed by atoms with Gasteiger partial charge in [-0.3, -0.25) is 4.68 Å². The minimum atomic E-state index is -0.478. The molecule has 0 amide bonds. The Kier molecular flexibility index (Phi) is 3.30. The normalized spacial score (nSPS) is 28.5. The zero-order valence-corrected chi connectivity index (χ0v) is 11.4. The van der Waals surface area contributed by atoms with E-state index in [1.54, 1.807) is 0 Å². The average Bonchev–Trinajstić information content (AvgIpc) is 2.54. The number of nitrogens with zero attached hydrogens (tertiary/aromatic N) is 2. The van der Waals surface area contributed by atoms with Crippen LogP contribution in [0.15, 0.2) is 6.07 Å². The molecule has 0 unspecified atom stereocenters. The van der Waals surface area contributed by atoms with Gasteiger partial charge in [-0.1, -0.05) is 13.8 Å². The first-order valence-corrected chi connectivity index (χ1v) is 6.69. The number of hydrogen-bond acceptors (Lipinski definition) is 2. The van der Waals surface area contributed by atoms with Crippen molar-refractivity contribution in [2.75, 3.05) is 0 Å². The maximum absolute atomic E-state index is 10.5. The van der Waals surface area contributed by atoms with Gasteiger partial charge in [-0.25, -0.2) is 0 Å². The predicted molar refractivity (Wildman–Crippen MR) is 68.9 cm³/mol. The van der Waals surface area contributed by atoms with Crippen molar-refractivity contribution < 1.29 is 5.11 Å².